The number of likely N-dealkylation sites (tertiary alicyclic amines) is 2. The second kappa shape index (κ2) is 5.94. The third-order valence-corrected chi connectivity index (χ3v) is 5.36. The molecule has 0 atom stereocenters. The smallest absolute Gasteiger partial charge is 0.236 e. The van der Waals surface area contributed by atoms with E-state index in [2.05, 4.69) is 11.0 Å². The summed E-state index contributed by atoms with van der Waals surface area (Å²) < 4.78 is -0.215. The molecule has 0 unspecified atom stereocenters. The van der Waals surface area contributed by atoms with Crippen molar-refractivity contribution in [1.29, 1.82) is 5.26 Å². The normalized spacial score (nSPS) is 23.9. The van der Waals surface area contributed by atoms with E-state index in [1.807, 2.05) is 11.2 Å². The van der Waals surface area contributed by atoms with Crippen LogP contribution in [0.5, 0.6) is 0 Å². The molecule has 1 amide bonds. The first kappa shape index (κ1) is 13.7. The molecule has 0 aromatic heterocycles. The number of hydrogen-bond donors (Lipinski definition) is 0. The van der Waals surface area contributed by atoms with Gasteiger partial charge in [0.2, 0.25) is 5.91 Å². The van der Waals surface area contributed by atoms with E-state index in [1.54, 1.807) is 11.8 Å². The van der Waals surface area contributed by atoms with Crippen LogP contribution in [0.25, 0.3) is 0 Å². The van der Waals surface area contributed by atoms with Crippen LogP contribution < -0.4 is 0 Å². The number of thioether (sulfide) groups is 1. The first-order chi connectivity index (χ1) is 8.69. The van der Waals surface area contributed by atoms with Gasteiger partial charge in [0, 0.05) is 26.2 Å². The van der Waals surface area contributed by atoms with Gasteiger partial charge in [-0.2, -0.15) is 5.26 Å². The minimum absolute atomic E-state index is 0.215. The van der Waals surface area contributed by atoms with Gasteiger partial charge in [0.15, 0.2) is 0 Å². The predicted octanol–water partition coefficient (Wildman–Crippen LogP) is 1.33. The Morgan fingerprint density at radius 2 is 1.89 bits per heavy atom. The van der Waals surface area contributed by atoms with Crippen LogP contribution in [0.3, 0.4) is 0 Å². The van der Waals surface area contributed by atoms with Gasteiger partial charge in [0.1, 0.15) is 4.75 Å². The average Bonchev–Trinajstić information content (AvgIpc) is 2.94. The van der Waals surface area contributed by atoms with Crippen molar-refractivity contribution in [2.45, 2.75) is 30.4 Å². The van der Waals surface area contributed by atoms with Crippen LogP contribution in [-0.4, -0.2) is 59.4 Å². The van der Waals surface area contributed by atoms with E-state index in [-0.39, 0.29) is 10.7 Å². The van der Waals surface area contributed by atoms with E-state index < -0.39 is 0 Å². The number of rotatable bonds is 3. The highest BCUT2D eigenvalue weighted by Gasteiger charge is 2.34. The predicted molar refractivity (Wildman–Crippen MR) is 73.3 cm³/mol. The molecule has 0 N–H and O–H groups in total. The lowest BCUT2D eigenvalue weighted by Crippen LogP contribution is -2.46. The number of hydrogen-bond acceptors (Lipinski definition) is 4. The Morgan fingerprint density at radius 3 is 2.39 bits per heavy atom. The number of piperidine rings is 1. The molecule has 0 bridgehead atoms. The van der Waals surface area contributed by atoms with Crippen molar-refractivity contribution < 1.29 is 4.79 Å². The molecule has 2 saturated heterocycles. The van der Waals surface area contributed by atoms with Crippen LogP contribution in [0.4, 0.5) is 0 Å². The molecule has 5 heteroatoms. The summed E-state index contributed by atoms with van der Waals surface area (Å²) in [6.07, 6.45) is 6.05. The van der Waals surface area contributed by atoms with Gasteiger partial charge >= 0.3 is 0 Å². The van der Waals surface area contributed by atoms with Gasteiger partial charge in [0.25, 0.3) is 0 Å². The zero-order valence-electron chi connectivity index (χ0n) is 11.0. The molecular weight excluding hydrogens is 246 g/mol. The molecule has 0 aromatic rings. The summed E-state index contributed by atoms with van der Waals surface area (Å²) in [4.78, 5) is 16.2. The minimum Gasteiger partial charge on any atom is -0.342 e. The fourth-order valence-corrected chi connectivity index (χ4v) is 3.37. The summed E-state index contributed by atoms with van der Waals surface area (Å²) >= 11 is 1.66. The molecule has 2 fully saturated rings. The van der Waals surface area contributed by atoms with Gasteiger partial charge in [-0.1, -0.05) is 0 Å². The van der Waals surface area contributed by atoms with E-state index >= 15 is 0 Å². The van der Waals surface area contributed by atoms with Crippen LogP contribution in [0.15, 0.2) is 0 Å². The van der Waals surface area contributed by atoms with E-state index in [1.165, 1.54) is 0 Å². The van der Waals surface area contributed by atoms with Gasteiger partial charge in [-0.15, -0.1) is 11.8 Å². The van der Waals surface area contributed by atoms with Gasteiger partial charge < -0.3 is 4.90 Å². The fraction of sp³-hybridized carbons (Fsp3) is 0.846. The highest BCUT2D eigenvalue weighted by molar-refractivity contribution is 8.00. The number of amides is 1. The third kappa shape index (κ3) is 2.99. The average molecular weight is 267 g/mol. The second-order valence-electron chi connectivity index (χ2n) is 5.17. The zero-order valence-corrected chi connectivity index (χ0v) is 11.8. The molecule has 100 valence electrons. The Labute approximate surface area is 113 Å². The molecule has 4 nitrogen and oxygen atoms in total. The van der Waals surface area contributed by atoms with Crippen molar-refractivity contribution in [3.8, 4) is 6.07 Å². The van der Waals surface area contributed by atoms with Crippen molar-refractivity contribution in [3.05, 3.63) is 0 Å². The SMILES string of the molecule is CSC1(C#N)CCN(CC(=O)N2CCCC2)CC1. The van der Waals surface area contributed by atoms with Crippen molar-refractivity contribution in [2.75, 3.05) is 39.0 Å². The number of carbonyl (C=O) groups excluding carboxylic acids is 1. The lowest BCUT2D eigenvalue weighted by molar-refractivity contribution is -0.131. The van der Waals surface area contributed by atoms with Crippen LogP contribution in [0, 0.1) is 11.3 Å². The minimum atomic E-state index is -0.215. The molecule has 2 rings (SSSR count). The molecule has 0 radical (unpaired) electrons. The highest BCUT2D eigenvalue weighted by Crippen LogP contribution is 2.33. The Hall–Kier alpha value is -0.730. The molecule has 2 aliphatic heterocycles. The van der Waals surface area contributed by atoms with E-state index in [0.717, 1.165) is 51.9 Å². The molecule has 18 heavy (non-hydrogen) atoms. The van der Waals surface area contributed by atoms with E-state index in [0.29, 0.717) is 6.54 Å². The van der Waals surface area contributed by atoms with Gasteiger partial charge in [0.05, 0.1) is 12.6 Å². The topological polar surface area (TPSA) is 47.3 Å². The van der Waals surface area contributed by atoms with Crippen molar-refractivity contribution in [2.24, 2.45) is 0 Å². The maximum Gasteiger partial charge on any atom is 0.236 e. The Kier molecular flexibility index (Phi) is 4.52. The molecule has 0 aliphatic carbocycles. The van der Waals surface area contributed by atoms with Crippen LogP contribution in [0.1, 0.15) is 25.7 Å². The highest BCUT2D eigenvalue weighted by atomic mass is 32.2. The van der Waals surface area contributed by atoms with Crippen molar-refractivity contribution in [1.82, 2.24) is 9.80 Å². The van der Waals surface area contributed by atoms with Crippen molar-refractivity contribution in [3.63, 3.8) is 0 Å². The first-order valence-electron chi connectivity index (χ1n) is 6.66. The lowest BCUT2D eigenvalue weighted by atomic mass is 9.97. The monoisotopic (exact) mass is 267 g/mol. The van der Waals surface area contributed by atoms with Crippen LogP contribution >= 0.6 is 11.8 Å². The summed E-state index contributed by atoms with van der Waals surface area (Å²) in [5.41, 5.74) is 0. The lowest BCUT2D eigenvalue weighted by Gasteiger charge is -2.36. The maximum atomic E-state index is 12.0. The van der Waals surface area contributed by atoms with E-state index in [9.17, 15) is 10.1 Å². The Bertz CT molecular complexity index is 339. The van der Waals surface area contributed by atoms with Crippen LogP contribution in [0.2, 0.25) is 0 Å². The fourth-order valence-electron chi connectivity index (χ4n) is 2.69. The largest absolute Gasteiger partial charge is 0.342 e. The van der Waals surface area contributed by atoms with E-state index in [4.69, 9.17) is 0 Å². The summed E-state index contributed by atoms with van der Waals surface area (Å²) in [6, 6.07) is 2.44. The molecule has 0 saturated carbocycles. The van der Waals surface area contributed by atoms with Crippen LogP contribution in [-0.2, 0) is 4.79 Å². The third-order valence-electron chi connectivity index (χ3n) is 4.08. The summed E-state index contributed by atoms with van der Waals surface area (Å²) in [6.45, 7) is 4.14. The zero-order chi connectivity index (χ0) is 13.0. The summed E-state index contributed by atoms with van der Waals surface area (Å²) in [5, 5.41) is 9.22. The molecular formula is C13H21N3OS. The van der Waals surface area contributed by atoms with Crippen molar-refractivity contribution >= 4 is 17.7 Å². The molecule has 0 aromatic carbocycles. The first-order valence-corrected chi connectivity index (χ1v) is 7.88. The Morgan fingerprint density at radius 1 is 1.28 bits per heavy atom. The quantitative estimate of drug-likeness (QED) is 0.774. The number of nitrogens with zero attached hydrogens (tertiary/aromatic N) is 3. The molecule has 2 aliphatic rings. The van der Waals surface area contributed by atoms with Gasteiger partial charge in [-0.3, -0.25) is 9.69 Å². The Balaban J connectivity index is 1.80. The maximum absolute atomic E-state index is 12.0. The standard InChI is InChI=1S/C13H21N3OS/c1-18-13(11-14)4-8-15(9-5-13)10-12(17)16-6-2-3-7-16/h2-10H2,1H3. The summed E-state index contributed by atoms with van der Waals surface area (Å²) in [5.74, 6) is 0.265. The number of carbonyl (C=O) groups is 1. The number of nitriles is 1. The molecule has 2 heterocycles. The summed E-state index contributed by atoms with van der Waals surface area (Å²) in [7, 11) is 0. The molecule has 0 spiro atoms. The second-order valence-corrected chi connectivity index (χ2v) is 6.36. The van der Waals surface area contributed by atoms with Gasteiger partial charge in [-0.25, -0.2) is 0 Å². The van der Waals surface area contributed by atoms with Gasteiger partial charge in [-0.05, 0) is 31.9 Å².